The summed E-state index contributed by atoms with van der Waals surface area (Å²) >= 11 is 9.43. The predicted octanol–water partition coefficient (Wildman–Crippen LogP) is 4.06. The van der Waals surface area contributed by atoms with Crippen LogP contribution < -0.4 is 10.5 Å². The highest BCUT2D eigenvalue weighted by molar-refractivity contribution is 9.10. The normalized spacial score (nSPS) is 10.4. The Morgan fingerprint density at radius 2 is 2.11 bits per heavy atom. The number of pyridine rings is 1. The lowest BCUT2D eigenvalue weighted by Gasteiger charge is -2.09. The summed E-state index contributed by atoms with van der Waals surface area (Å²) in [6, 6.07) is 9.15. The first kappa shape index (κ1) is 13.3. The molecule has 0 aliphatic heterocycles. The van der Waals surface area contributed by atoms with Crippen LogP contribution in [0, 0.1) is 6.92 Å². The molecule has 0 saturated carbocycles. The maximum absolute atomic E-state index is 6.06. The van der Waals surface area contributed by atoms with Crippen LogP contribution in [0.2, 0.25) is 5.02 Å². The monoisotopic (exact) mass is 326 g/mol. The zero-order chi connectivity index (χ0) is 13.1. The summed E-state index contributed by atoms with van der Waals surface area (Å²) in [6.45, 7) is 2.35. The standard InChI is InChI=1S/C13H12BrClN2O/c1-8-4-9(7-16)5-13(17-8)18-12-6-10(14)2-3-11(12)15/h2-6H,7,16H2,1H3. The summed E-state index contributed by atoms with van der Waals surface area (Å²) in [5, 5.41) is 0.538. The zero-order valence-electron chi connectivity index (χ0n) is 9.78. The molecule has 5 heteroatoms. The molecule has 1 aromatic carbocycles. The third-order valence-electron chi connectivity index (χ3n) is 2.33. The van der Waals surface area contributed by atoms with E-state index in [1.54, 1.807) is 12.1 Å². The predicted molar refractivity (Wildman–Crippen MR) is 76.1 cm³/mol. The Labute approximate surface area is 119 Å². The van der Waals surface area contributed by atoms with E-state index in [1.807, 2.05) is 25.1 Å². The second kappa shape index (κ2) is 5.69. The number of hydrogen-bond acceptors (Lipinski definition) is 3. The number of aryl methyl sites for hydroxylation is 1. The van der Waals surface area contributed by atoms with Crippen molar-refractivity contribution in [2.75, 3.05) is 0 Å². The Hall–Kier alpha value is -1.10. The molecule has 0 bridgehead atoms. The Bertz CT molecular complexity index is 575. The summed E-state index contributed by atoms with van der Waals surface area (Å²) in [7, 11) is 0. The third kappa shape index (κ3) is 3.22. The van der Waals surface area contributed by atoms with Gasteiger partial charge in [0.25, 0.3) is 0 Å². The van der Waals surface area contributed by atoms with Gasteiger partial charge in [-0.3, -0.25) is 0 Å². The molecule has 0 saturated heterocycles. The summed E-state index contributed by atoms with van der Waals surface area (Å²) in [5.41, 5.74) is 7.45. The van der Waals surface area contributed by atoms with Crippen LogP contribution in [0.1, 0.15) is 11.3 Å². The highest BCUT2D eigenvalue weighted by Crippen LogP contribution is 2.31. The smallest absolute Gasteiger partial charge is 0.219 e. The Morgan fingerprint density at radius 3 is 2.83 bits per heavy atom. The van der Waals surface area contributed by atoms with Gasteiger partial charge in [0, 0.05) is 22.8 Å². The lowest BCUT2D eigenvalue weighted by molar-refractivity contribution is 0.461. The van der Waals surface area contributed by atoms with Gasteiger partial charge >= 0.3 is 0 Å². The largest absolute Gasteiger partial charge is 0.437 e. The van der Waals surface area contributed by atoms with E-state index in [4.69, 9.17) is 22.1 Å². The van der Waals surface area contributed by atoms with Gasteiger partial charge in [0.2, 0.25) is 5.88 Å². The molecule has 2 rings (SSSR count). The van der Waals surface area contributed by atoms with Gasteiger partial charge in [0.05, 0.1) is 5.02 Å². The minimum Gasteiger partial charge on any atom is -0.437 e. The molecule has 0 radical (unpaired) electrons. The van der Waals surface area contributed by atoms with Crippen LogP contribution in [0.4, 0.5) is 0 Å². The quantitative estimate of drug-likeness (QED) is 0.925. The molecule has 0 amide bonds. The number of halogens is 2. The van der Waals surface area contributed by atoms with Crippen LogP contribution in [-0.4, -0.2) is 4.98 Å². The molecule has 0 aliphatic rings. The fourth-order valence-corrected chi connectivity index (χ4v) is 2.04. The molecule has 3 nitrogen and oxygen atoms in total. The summed E-state index contributed by atoms with van der Waals surface area (Å²) in [4.78, 5) is 4.30. The second-order valence-electron chi connectivity index (χ2n) is 3.84. The van der Waals surface area contributed by atoms with Gasteiger partial charge < -0.3 is 10.5 Å². The van der Waals surface area contributed by atoms with Crippen molar-refractivity contribution in [1.29, 1.82) is 0 Å². The van der Waals surface area contributed by atoms with Crippen molar-refractivity contribution in [3.05, 3.63) is 51.1 Å². The lowest BCUT2D eigenvalue weighted by atomic mass is 10.2. The van der Waals surface area contributed by atoms with Crippen LogP contribution in [-0.2, 0) is 6.54 Å². The minimum absolute atomic E-state index is 0.450. The van der Waals surface area contributed by atoms with Gasteiger partial charge in [-0.2, -0.15) is 0 Å². The van der Waals surface area contributed by atoms with E-state index in [9.17, 15) is 0 Å². The zero-order valence-corrected chi connectivity index (χ0v) is 12.1. The third-order valence-corrected chi connectivity index (χ3v) is 3.14. The molecule has 0 fully saturated rings. The van der Waals surface area contributed by atoms with Crippen LogP contribution >= 0.6 is 27.5 Å². The first-order chi connectivity index (χ1) is 8.58. The summed E-state index contributed by atoms with van der Waals surface area (Å²) in [5.74, 6) is 1.06. The molecular weight excluding hydrogens is 316 g/mol. The average Bonchev–Trinajstić information content (AvgIpc) is 2.33. The van der Waals surface area contributed by atoms with Gasteiger partial charge in [-0.05, 0) is 36.8 Å². The number of rotatable bonds is 3. The number of ether oxygens (including phenoxy) is 1. The Balaban J connectivity index is 2.33. The van der Waals surface area contributed by atoms with E-state index >= 15 is 0 Å². The van der Waals surface area contributed by atoms with Crippen molar-refractivity contribution in [2.24, 2.45) is 5.73 Å². The molecule has 0 unspecified atom stereocenters. The van der Waals surface area contributed by atoms with Gasteiger partial charge in [-0.25, -0.2) is 4.98 Å². The fraction of sp³-hybridized carbons (Fsp3) is 0.154. The molecule has 0 aliphatic carbocycles. The molecular formula is C13H12BrClN2O. The highest BCUT2D eigenvalue weighted by atomic mass is 79.9. The van der Waals surface area contributed by atoms with Crippen molar-refractivity contribution < 1.29 is 4.74 Å². The van der Waals surface area contributed by atoms with Crippen LogP contribution in [0.5, 0.6) is 11.6 Å². The summed E-state index contributed by atoms with van der Waals surface area (Å²) in [6.07, 6.45) is 0. The van der Waals surface area contributed by atoms with Gasteiger partial charge in [-0.15, -0.1) is 0 Å². The Morgan fingerprint density at radius 1 is 1.33 bits per heavy atom. The van der Waals surface area contributed by atoms with Crippen molar-refractivity contribution in [2.45, 2.75) is 13.5 Å². The van der Waals surface area contributed by atoms with Crippen LogP contribution in [0.15, 0.2) is 34.8 Å². The first-order valence-electron chi connectivity index (χ1n) is 5.39. The molecule has 0 atom stereocenters. The van der Waals surface area contributed by atoms with E-state index in [0.29, 0.717) is 23.2 Å². The molecule has 1 heterocycles. The van der Waals surface area contributed by atoms with Gasteiger partial charge in [-0.1, -0.05) is 27.5 Å². The van der Waals surface area contributed by atoms with Crippen molar-refractivity contribution in [3.8, 4) is 11.6 Å². The SMILES string of the molecule is Cc1cc(CN)cc(Oc2cc(Br)ccc2Cl)n1. The molecule has 0 spiro atoms. The van der Waals surface area contributed by atoms with E-state index in [0.717, 1.165) is 15.7 Å². The number of hydrogen-bond donors (Lipinski definition) is 1. The lowest BCUT2D eigenvalue weighted by Crippen LogP contribution is -1.99. The average molecular weight is 328 g/mol. The first-order valence-corrected chi connectivity index (χ1v) is 6.56. The topological polar surface area (TPSA) is 48.1 Å². The minimum atomic E-state index is 0.450. The fourth-order valence-electron chi connectivity index (χ4n) is 1.55. The molecule has 94 valence electrons. The van der Waals surface area contributed by atoms with Crippen LogP contribution in [0.3, 0.4) is 0 Å². The van der Waals surface area contributed by atoms with Crippen LogP contribution in [0.25, 0.3) is 0 Å². The van der Waals surface area contributed by atoms with Gasteiger partial charge in [0.1, 0.15) is 5.75 Å². The number of nitrogens with zero attached hydrogens (tertiary/aromatic N) is 1. The van der Waals surface area contributed by atoms with Gasteiger partial charge in [0.15, 0.2) is 0 Å². The van der Waals surface area contributed by atoms with E-state index in [-0.39, 0.29) is 0 Å². The highest BCUT2D eigenvalue weighted by Gasteiger charge is 2.06. The molecule has 18 heavy (non-hydrogen) atoms. The molecule has 1 aromatic heterocycles. The van der Waals surface area contributed by atoms with E-state index in [1.165, 1.54) is 0 Å². The van der Waals surface area contributed by atoms with Crippen molar-refractivity contribution in [1.82, 2.24) is 4.98 Å². The number of nitrogens with two attached hydrogens (primary N) is 1. The number of benzene rings is 1. The maximum Gasteiger partial charge on any atom is 0.219 e. The van der Waals surface area contributed by atoms with Crippen molar-refractivity contribution >= 4 is 27.5 Å². The molecule has 2 aromatic rings. The van der Waals surface area contributed by atoms with E-state index < -0.39 is 0 Å². The second-order valence-corrected chi connectivity index (χ2v) is 5.16. The molecule has 2 N–H and O–H groups in total. The Kier molecular flexibility index (Phi) is 4.22. The van der Waals surface area contributed by atoms with E-state index in [2.05, 4.69) is 20.9 Å². The summed E-state index contributed by atoms with van der Waals surface area (Å²) < 4.78 is 6.58. The maximum atomic E-state index is 6.06. The number of aromatic nitrogens is 1. The van der Waals surface area contributed by atoms with Crippen molar-refractivity contribution in [3.63, 3.8) is 0 Å².